The molecule has 2 nitrogen and oxygen atoms in total. The van der Waals surface area contributed by atoms with Crippen molar-refractivity contribution in [1.29, 1.82) is 5.26 Å². The molecule has 8 heteroatoms. The van der Waals surface area contributed by atoms with Crippen LogP contribution in [0.4, 0.5) is 26.3 Å². The Balaban J connectivity index is 0.00000170. The quantitative estimate of drug-likeness (QED) is 0.274. The van der Waals surface area contributed by atoms with Crippen molar-refractivity contribution in [2.75, 3.05) is 13.1 Å². The van der Waals surface area contributed by atoms with Crippen molar-refractivity contribution in [2.24, 2.45) is 11.8 Å². The fourth-order valence-electron chi connectivity index (χ4n) is 5.80. The van der Waals surface area contributed by atoms with Crippen LogP contribution in [0.1, 0.15) is 75.5 Å². The van der Waals surface area contributed by atoms with Gasteiger partial charge in [-0.25, -0.2) is 0 Å². The van der Waals surface area contributed by atoms with E-state index in [0.29, 0.717) is 6.04 Å². The number of aryl methyl sites for hydroxylation is 1. The molecule has 3 rings (SSSR count). The number of benzene rings is 2. The van der Waals surface area contributed by atoms with Gasteiger partial charge in [-0.2, -0.15) is 31.6 Å². The summed E-state index contributed by atoms with van der Waals surface area (Å²) in [7, 11) is 0. The number of likely N-dealkylation sites (N-methyl/N-ethyl adjacent to an activating group) is 1. The number of halogens is 6. The number of hydrogen-bond acceptors (Lipinski definition) is 2. The van der Waals surface area contributed by atoms with Gasteiger partial charge in [0.1, 0.15) is 0 Å². The summed E-state index contributed by atoms with van der Waals surface area (Å²) in [6, 6.07) is 18.9. The fourth-order valence-corrected chi connectivity index (χ4v) is 5.80. The van der Waals surface area contributed by atoms with Crippen molar-refractivity contribution in [3.63, 3.8) is 0 Å². The smallest absolute Gasteiger partial charge is 0.300 e. The van der Waals surface area contributed by atoms with Crippen molar-refractivity contribution in [2.45, 2.75) is 90.0 Å². The molecule has 39 heavy (non-hydrogen) atoms. The molecule has 0 aliphatic heterocycles. The molecule has 3 atom stereocenters. The van der Waals surface area contributed by atoms with E-state index in [4.69, 9.17) is 5.26 Å². The summed E-state index contributed by atoms with van der Waals surface area (Å²) in [5, 5.41) is 7.32. The molecule has 0 bridgehead atoms. The number of alkyl halides is 6. The highest BCUT2D eigenvalue weighted by Crippen LogP contribution is 2.53. The molecule has 1 aliphatic carbocycles. The van der Waals surface area contributed by atoms with Gasteiger partial charge in [-0.3, -0.25) is 0 Å². The third kappa shape index (κ3) is 9.86. The molecule has 0 saturated heterocycles. The second kappa shape index (κ2) is 15.3. The van der Waals surface area contributed by atoms with E-state index in [0.717, 1.165) is 44.3 Å². The molecule has 0 radical (unpaired) electrons. The Hall–Kier alpha value is -2.53. The Labute approximate surface area is 229 Å². The predicted molar refractivity (Wildman–Crippen MR) is 143 cm³/mol. The van der Waals surface area contributed by atoms with Crippen molar-refractivity contribution in [3.8, 4) is 6.07 Å². The van der Waals surface area contributed by atoms with Gasteiger partial charge in [-0.15, -0.1) is 0 Å². The van der Waals surface area contributed by atoms with Crippen molar-refractivity contribution in [1.82, 2.24) is 4.90 Å². The van der Waals surface area contributed by atoms with Crippen LogP contribution in [0.2, 0.25) is 0 Å². The summed E-state index contributed by atoms with van der Waals surface area (Å²) in [4.78, 5) is 2.45. The fraction of sp³-hybridized carbons (Fsp3) is 0.581. The second-order valence-corrected chi connectivity index (χ2v) is 10.2. The Morgan fingerprint density at radius 2 is 1.36 bits per heavy atom. The van der Waals surface area contributed by atoms with Crippen LogP contribution in [-0.2, 0) is 12.8 Å². The summed E-state index contributed by atoms with van der Waals surface area (Å²) in [5.74, 6) is -5.50. The third-order valence-electron chi connectivity index (χ3n) is 7.79. The van der Waals surface area contributed by atoms with Gasteiger partial charge in [0.25, 0.3) is 0 Å². The van der Waals surface area contributed by atoms with Gasteiger partial charge in [0.2, 0.25) is 0 Å². The van der Waals surface area contributed by atoms with Crippen LogP contribution in [0.3, 0.4) is 0 Å². The Morgan fingerprint density at radius 3 is 1.82 bits per heavy atom. The maximum Gasteiger partial charge on any atom is 0.392 e. The Kier molecular flexibility index (Phi) is 12.8. The van der Waals surface area contributed by atoms with Crippen molar-refractivity contribution in [3.05, 3.63) is 71.3 Å². The molecular formula is C31H40F6N2. The normalized spacial score (nSPS) is 20.6. The first-order chi connectivity index (χ1) is 18.5. The van der Waals surface area contributed by atoms with Crippen LogP contribution < -0.4 is 0 Å². The number of rotatable bonds is 10. The highest BCUT2D eigenvalue weighted by Gasteiger charge is 2.56. The first-order valence-corrected chi connectivity index (χ1v) is 13.8. The molecule has 0 aromatic heterocycles. The lowest BCUT2D eigenvalue weighted by Crippen LogP contribution is -2.42. The van der Waals surface area contributed by atoms with E-state index in [1.807, 2.05) is 18.2 Å². The van der Waals surface area contributed by atoms with Crippen LogP contribution in [-0.4, -0.2) is 36.4 Å². The van der Waals surface area contributed by atoms with Gasteiger partial charge < -0.3 is 4.90 Å². The molecule has 0 amide bonds. The van der Waals surface area contributed by atoms with Crippen molar-refractivity contribution < 1.29 is 26.3 Å². The van der Waals surface area contributed by atoms with E-state index >= 15 is 0 Å². The zero-order chi connectivity index (χ0) is 29.1. The van der Waals surface area contributed by atoms with E-state index in [-0.39, 0.29) is 24.8 Å². The highest BCUT2D eigenvalue weighted by atomic mass is 19.4. The van der Waals surface area contributed by atoms with E-state index in [9.17, 15) is 26.3 Å². The lowest BCUT2D eigenvalue weighted by atomic mass is 9.68. The molecule has 2 aromatic carbocycles. The summed E-state index contributed by atoms with van der Waals surface area (Å²) in [6.45, 7) is 7.58. The minimum Gasteiger partial charge on any atom is -0.300 e. The molecule has 0 spiro atoms. The van der Waals surface area contributed by atoms with Gasteiger partial charge in [0, 0.05) is 25.4 Å². The molecule has 2 aromatic rings. The molecule has 1 fully saturated rings. The lowest BCUT2D eigenvalue weighted by Gasteiger charge is -2.40. The first kappa shape index (κ1) is 32.7. The maximum atomic E-state index is 13.7. The summed E-state index contributed by atoms with van der Waals surface area (Å²) < 4.78 is 82.0. The number of nitriles is 1. The van der Waals surface area contributed by atoms with Crippen LogP contribution in [0, 0.1) is 23.2 Å². The highest BCUT2D eigenvalue weighted by molar-refractivity contribution is 5.28. The van der Waals surface area contributed by atoms with E-state index in [1.54, 1.807) is 18.2 Å². The van der Waals surface area contributed by atoms with Crippen LogP contribution >= 0.6 is 0 Å². The van der Waals surface area contributed by atoms with Gasteiger partial charge in [0.05, 0.1) is 17.9 Å². The second-order valence-electron chi connectivity index (χ2n) is 10.2. The zero-order valence-corrected chi connectivity index (χ0v) is 23.0. The molecule has 3 unspecified atom stereocenters. The number of nitrogens with zero attached hydrogens (tertiary/aromatic N) is 2. The topological polar surface area (TPSA) is 27.0 Å². The third-order valence-corrected chi connectivity index (χ3v) is 7.79. The maximum absolute atomic E-state index is 13.7. The van der Waals surface area contributed by atoms with Crippen LogP contribution in [0.15, 0.2) is 54.6 Å². The molecule has 1 saturated carbocycles. The average Bonchev–Trinajstić information content (AvgIpc) is 2.90. The Bertz CT molecular complexity index is 973. The van der Waals surface area contributed by atoms with E-state index in [1.165, 1.54) is 24.6 Å². The average molecular weight is 555 g/mol. The first-order valence-electron chi connectivity index (χ1n) is 13.8. The molecular weight excluding hydrogens is 514 g/mol. The summed E-state index contributed by atoms with van der Waals surface area (Å²) in [5.41, 5.74) is 2.38. The molecule has 1 aliphatic rings. The minimum absolute atomic E-state index is 0.0560. The van der Waals surface area contributed by atoms with E-state index < -0.39 is 30.1 Å². The zero-order valence-electron chi connectivity index (χ0n) is 23.0. The molecule has 0 N–H and O–H groups in total. The standard InChI is InChI=1S/C29H37F6N.C2H3N/c1-3-24(36(4-2)20-19-21-9-6-5-7-10-21)18-15-22-13-16-23(17-14-22)27-25(28(30,31)32)11-8-12-26(27)29(33,34)35;1-2-3/h5-7,9-10,13-14,16-17,24-27H,3-4,8,11-12,15,18-20H2,1-2H3;1H3. The molecule has 216 valence electrons. The molecule has 0 heterocycles. The summed E-state index contributed by atoms with van der Waals surface area (Å²) in [6.07, 6.45) is -6.30. The number of hydrogen-bond donors (Lipinski definition) is 0. The minimum atomic E-state index is -4.65. The summed E-state index contributed by atoms with van der Waals surface area (Å²) >= 11 is 0. The monoisotopic (exact) mass is 554 g/mol. The van der Waals surface area contributed by atoms with Gasteiger partial charge >= 0.3 is 12.4 Å². The van der Waals surface area contributed by atoms with Crippen molar-refractivity contribution >= 4 is 0 Å². The van der Waals surface area contributed by atoms with Crippen LogP contribution in [0.5, 0.6) is 0 Å². The SMILES string of the molecule is CC#N.CCC(CCc1ccc(C2C(C(F)(F)F)CCCC2C(F)(F)F)cc1)N(CC)CCc1ccccc1. The van der Waals surface area contributed by atoms with Gasteiger partial charge in [-0.05, 0) is 61.8 Å². The van der Waals surface area contributed by atoms with Crippen LogP contribution in [0.25, 0.3) is 0 Å². The van der Waals surface area contributed by atoms with Gasteiger partial charge in [-0.1, -0.05) is 74.9 Å². The largest absolute Gasteiger partial charge is 0.392 e. The predicted octanol–water partition coefficient (Wildman–Crippen LogP) is 9.12. The van der Waals surface area contributed by atoms with E-state index in [2.05, 4.69) is 30.9 Å². The lowest BCUT2D eigenvalue weighted by molar-refractivity contribution is -0.231. The Morgan fingerprint density at radius 1 is 0.846 bits per heavy atom. The van der Waals surface area contributed by atoms with Gasteiger partial charge in [0.15, 0.2) is 0 Å².